The predicted octanol–water partition coefficient (Wildman–Crippen LogP) is 4.11. The van der Waals surface area contributed by atoms with Gasteiger partial charge in [-0.3, -0.25) is 9.69 Å². The van der Waals surface area contributed by atoms with Gasteiger partial charge in [0.05, 0.1) is 24.2 Å². The number of carbonyl (C=O) groups is 1. The summed E-state index contributed by atoms with van der Waals surface area (Å²) in [5, 5.41) is 3.39. The summed E-state index contributed by atoms with van der Waals surface area (Å²) in [6.45, 7) is 8.70. The SMILES string of the molecule is CC1CN(C(CNC(=O)C(C)(C)c2ccc3c(c2)OCCO3)c2c(F)cccc2Cl)CCO1. The third kappa shape index (κ3) is 5.10. The number of amides is 1. The average Bonchev–Trinajstić information content (AvgIpc) is 2.80. The van der Waals surface area contributed by atoms with Crippen LogP contribution in [0.2, 0.25) is 5.02 Å². The van der Waals surface area contributed by atoms with Crippen molar-refractivity contribution >= 4 is 17.5 Å². The zero-order valence-electron chi connectivity index (χ0n) is 19.2. The standard InChI is InChI=1S/C25H30ClFN2O4/c1-16-15-29(9-10-31-16)20(23-18(26)5-4-6-19(23)27)14-28-24(30)25(2,3)17-7-8-21-22(13-17)33-12-11-32-21/h4-8,13,16,20H,9-12,14-15H2,1-3H3,(H,28,30). The summed E-state index contributed by atoms with van der Waals surface area (Å²) in [5.41, 5.74) is 0.368. The lowest BCUT2D eigenvalue weighted by atomic mass is 9.83. The van der Waals surface area contributed by atoms with Crippen molar-refractivity contribution in [3.05, 3.63) is 58.4 Å². The van der Waals surface area contributed by atoms with Crippen LogP contribution in [0.4, 0.5) is 4.39 Å². The Morgan fingerprint density at radius 1 is 1.21 bits per heavy atom. The number of nitrogens with zero attached hydrogens (tertiary/aromatic N) is 1. The van der Waals surface area contributed by atoms with Crippen molar-refractivity contribution in [2.75, 3.05) is 39.5 Å². The summed E-state index contributed by atoms with van der Waals surface area (Å²) in [5.74, 6) is 0.764. The summed E-state index contributed by atoms with van der Waals surface area (Å²) in [7, 11) is 0. The molecule has 0 saturated carbocycles. The number of rotatable bonds is 6. The van der Waals surface area contributed by atoms with Crippen LogP contribution in [0.5, 0.6) is 11.5 Å². The van der Waals surface area contributed by atoms with Gasteiger partial charge < -0.3 is 19.5 Å². The molecule has 1 amide bonds. The van der Waals surface area contributed by atoms with Crippen LogP contribution in [0.25, 0.3) is 0 Å². The van der Waals surface area contributed by atoms with Crippen molar-refractivity contribution < 1.29 is 23.4 Å². The number of carbonyl (C=O) groups excluding carboxylic acids is 1. The zero-order valence-corrected chi connectivity index (χ0v) is 20.0. The fourth-order valence-electron chi connectivity index (χ4n) is 4.34. The maximum Gasteiger partial charge on any atom is 0.230 e. The predicted molar refractivity (Wildman–Crippen MR) is 125 cm³/mol. The van der Waals surface area contributed by atoms with Gasteiger partial charge in [-0.15, -0.1) is 0 Å². The average molecular weight is 477 g/mol. The monoisotopic (exact) mass is 476 g/mol. The number of hydrogen-bond acceptors (Lipinski definition) is 5. The number of halogens is 2. The first-order valence-electron chi connectivity index (χ1n) is 11.3. The van der Waals surface area contributed by atoms with Crippen molar-refractivity contribution in [3.63, 3.8) is 0 Å². The molecule has 2 aromatic rings. The molecule has 33 heavy (non-hydrogen) atoms. The fraction of sp³-hybridized carbons (Fsp3) is 0.480. The van der Waals surface area contributed by atoms with E-state index in [0.29, 0.717) is 55.0 Å². The quantitative estimate of drug-likeness (QED) is 0.680. The third-order valence-electron chi connectivity index (χ3n) is 6.33. The van der Waals surface area contributed by atoms with Gasteiger partial charge >= 0.3 is 0 Å². The van der Waals surface area contributed by atoms with E-state index in [1.54, 1.807) is 12.1 Å². The molecule has 8 heteroatoms. The van der Waals surface area contributed by atoms with Gasteiger partial charge in [-0.1, -0.05) is 23.7 Å². The van der Waals surface area contributed by atoms with Crippen LogP contribution < -0.4 is 14.8 Å². The minimum Gasteiger partial charge on any atom is -0.486 e. The van der Waals surface area contributed by atoms with E-state index in [-0.39, 0.29) is 24.4 Å². The second kappa shape index (κ2) is 9.87. The summed E-state index contributed by atoms with van der Waals surface area (Å²) >= 11 is 6.41. The highest BCUT2D eigenvalue weighted by Crippen LogP contribution is 2.36. The van der Waals surface area contributed by atoms with E-state index in [4.69, 9.17) is 25.8 Å². The third-order valence-corrected chi connectivity index (χ3v) is 6.66. The molecule has 0 bridgehead atoms. The second-order valence-electron chi connectivity index (χ2n) is 9.02. The van der Waals surface area contributed by atoms with E-state index in [1.165, 1.54) is 6.07 Å². The topological polar surface area (TPSA) is 60.0 Å². The lowest BCUT2D eigenvalue weighted by molar-refractivity contribution is -0.126. The van der Waals surface area contributed by atoms with Crippen LogP contribution in [0.15, 0.2) is 36.4 Å². The van der Waals surface area contributed by atoms with Crippen molar-refractivity contribution in [2.24, 2.45) is 0 Å². The first-order valence-corrected chi connectivity index (χ1v) is 11.6. The Labute approximate surface area is 199 Å². The van der Waals surface area contributed by atoms with Gasteiger partial charge in [-0.25, -0.2) is 4.39 Å². The molecule has 2 aliphatic rings. The van der Waals surface area contributed by atoms with Gasteiger partial charge in [0.2, 0.25) is 5.91 Å². The largest absolute Gasteiger partial charge is 0.486 e. The molecule has 1 N–H and O–H groups in total. The molecule has 1 fully saturated rings. The Hall–Kier alpha value is -2.35. The van der Waals surface area contributed by atoms with Gasteiger partial charge in [0, 0.05) is 30.2 Å². The van der Waals surface area contributed by atoms with Crippen LogP contribution in [-0.4, -0.2) is 56.4 Å². The van der Waals surface area contributed by atoms with E-state index in [9.17, 15) is 9.18 Å². The maximum atomic E-state index is 14.9. The smallest absolute Gasteiger partial charge is 0.230 e. The molecule has 2 aromatic carbocycles. The molecule has 0 aromatic heterocycles. The van der Waals surface area contributed by atoms with E-state index in [1.807, 2.05) is 39.0 Å². The molecule has 178 valence electrons. The first-order chi connectivity index (χ1) is 15.8. The Morgan fingerprint density at radius 3 is 2.70 bits per heavy atom. The molecule has 2 atom stereocenters. The maximum absolute atomic E-state index is 14.9. The van der Waals surface area contributed by atoms with Gasteiger partial charge in [0.15, 0.2) is 11.5 Å². The van der Waals surface area contributed by atoms with E-state index in [2.05, 4.69) is 10.2 Å². The van der Waals surface area contributed by atoms with Gasteiger partial charge in [0.1, 0.15) is 19.0 Å². The van der Waals surface area contributed by atoms with Crippen LogP contribution >= 0.6 is 11.6 Å². The molecule has 1 saturated heterocycles. The molecular formula is C25H30ClFN2O4. The van der Waals surface area contributed by atoms with Crippen LogP contribution in [0.3, 0.4) is 0 Å². The van der Waals surface area contributed by atoms with Crippen molar-refractivity contribution in [1.29, 1.82) is 0 Å². The fourth-order valence-corrected chi connectivity index (χ4v) is 4.63. The number of benzene rings is 2. The lowest BCUT2D eigenvalue weighted by Crippen LogP contribution is -2.49. The number of ether oxygens (including phenoxy) is 3. The minimum atomic E-state index is -0.836. The molecule has 4 rings (SSSR count). The summed E-state index contributed by atoms with van der Waals surface area (Å²) in [6, 6.07) is 9.81. The molecule has 0 radical (unpaired) electrons. The highest BCUT2D eigenvalue weighted by molar-refractivity contribution is 6.31. The Balaban J connectivity index is 1.55. The van der Waals surface area contributed by atoms with Gasteiger partial charge in [-0.2, -0.15) is 0 Å². The normalized spacial score (nSPS) is 19.7. The summed E-state index contributed by atoms with van der Waals surface area (Å²) < 4.78 is 31.8. The molecular weight excluding hydrogens is 447 g/mol. The van der Waals surface area contributed by atoms with E-state index < -0.39 is 11.5 Å². The number of hydrogen-bond donors (Lipinski definition) is 1. The highest BCUT2D eigenvalue weighted by Gasteiger charge is 2.34. The van der Waals surface area contributed by atoms with Crippen LogP contribution in [-0.2, 0) is 14.9 Å². The Morgan fingerprint density at radius 2 is 1.97 bits per heavy atom. The Kier molecular flexibility index (Phi) is 7.12. The molecule has 6 nitrogen and oxygen atoms in total. The molecule has 0 aliphatic carbocycles. The molecule has 2 unspecified atom stereocenters. The summed E-state index contributed by atoms with van der Waals surface area (Å²) in [6.07, 6.45) is 0.0108. The molecule has 2 heterocycles. The lowest BCUT2D eigenvalue weighted by Gasteiger charge is -2.38. The minimum absolute atomic E-state index is 0.0108. The first kappa shape index (κ1) is 23.8. The number of morpholine rings is 1. The van der Waals surface area contributed by atoms with Crippen LogP contribution in [0, 0.1) is 5.82 Å². The van der Waals surface area contributed by atoms with Crippen LogP contribution in [0.1, 0.15) is 37.9 Å². The van der Waals surface area contributed by atoms with Crippen molar-refractivity contribution in [2.45, 2.75) is 38.3 Å². The van der Waals surface area contributed by atoms with Crippen molar-refractivity contribution in [3.8, 4) is 11.5 Å². The zero-order chi connectivity index (χ0) is 23.6. The Bertz CT molecular complexity index is 996. The summed E-state index contributed by atoms with van der Waals surface area (Å²) in [4.78, 5) is 15.5. The van der Waals surface area contributed by atoms with Crippen molar-refractivity contribution in [1.82, 2.24) is 10.2 Å². The van der Waals surface area contributed by atoms with E-state index in [0.717, 1.165) is 5.56 Å². The highest BCUT2D eigenvalue weighted by atomic mass is 35.5. The molecule has 2 aliphatic heterocycles. The second-order valence-corrected chi connectivity index (χ2v) is 9.43. The molecule has 0 spiro atoms. The van der Waals surface area contributed by atoms with Gasteiger partial charge in [-0.05, 0) is 50.6 Å². The number of nitrogens with one attached hydrogen (secondary N) is 1. The van der Waals surface area contributed by atoms with E-state index >= 15 is 0 Å². The number of fused-ring (bicyclic) bond motifs is 1. The van der Waals surface area contributed by atoms with Gasteiger partial charge in [0.25, 0.3) is 0 Å².